The van der Waals surface area contributed by atoms with Crippen molar-refractivity contribution in [3.05, 3.63) is 102 Å². The van der Waals surface area contributed by atoms with Gasteiger partial charge in [-0.05, 0) is 59.5 Å². The normalized spacial score (nSPS) is 13.4. The van der Waals surface area contributed by atoms with Crippen molar-refractivity contribution in [2.24, 2.45) is 0 Å². The zero-order valence-electron chi connectivity index (χ0n) is 19.7. The third kappa shape index (κ3) is 5.23. The Morgan fingerprint density at radius 3 is 1.94 bits per heavy atom. The quantitative estimate of drug-likeness (QED) is 0.271. The Bertz CT molecular complexity index is 1290. The van der Waals surface area contributed by atoms with Gasteiger partial charge in [0, 0.05) is 5.39 Å². The van der Waals surface area contributed by atoms with Gasteiger partial charge in [0.05, 0.1) is 0 Å². The van der Waals surface area contributed by atoms with E-state index < -0.39 is 7.82 Å². The Morgan fingerprint density at radius 2 is 1.27 bits per heavy atom. The standard InChI is InChI=1S/C28H29O4P/c1-20-10-8-11-21(2)27(20)32-33(29,30-24-18-16-23(17-19-24)28(3,4)5)31-26-15-9-13-22-12-6-7-14-25(22)26/h6-19H,1-5H3. The molecule has 0 aliphatic heterocycles. The summed E-state index contributed by atoms with van der Waals surface area (Å²) in [6, 6.07) is 26.7. The van der Waals surface area contributed by atoms with Crippen LogP contribution in [0.15, 0.2) is 84.9 Å². The summed E-state index contributed by atoms with van der Waals surface area (Å²) in [7, 11) is -4.10. The molecule has 170 valence electrons. The Morgan fingerprint density at radius 1 is 0.667 bits per heavy atom. The van der Waals surface area contributed by atoms with Gasteiger partial charge in [0.1, 0.15) is 17.2 Å². The number of aryl methyl sites for hydroxylation is 2. The van der Waals surface area contributed by atoms with Crippen molar-refractivity contribution in [2.75, 3.05) is 0 Å². The number of hydrogen-bond acceptors (Lipinski definition) is 4. The van der Waals surface area contributed by atoms with Gasteiger partial charge in [-0.25, -0.2) is 0 Å². The molecular formula is C28H29O4P. The van der Waals surface area contributed by atoms with Crippen LogP contribution in [0, 0.1) is 13.8 Å². The molecule has 0 saturated carbocycles. The molecule has 0 heterocycles. The van der Waals surface area contributed by atoms with Crippen LogP contribution in [0.2, 0.25) is 0 Å². The number of phosphoric acid groups is 1. The number of fused-ring (bicyclic) bond motifs is 1. The van der Waals surface area contributed by atoms with E-state index in [2.05, 4.69) is 20.8 Å². The van der Waals surface area contributed by atoms with Crippen molar-refractivity contribution < 1.29 is 18.1 Å². The maximum absolute atomic E-state index is 14.1. The van der Waals surface area contributed by atoms with Gasteiger partial charge in [-0.15, -0.1) is 0 Å². The second-order valence-corrected chi connectivity index (χ2v) is 10.6. The Labute approximate surface area is 195 Å². The predicted molar refractivity (Wildman–Crippen MR) is 134 cm³/mol. The zero-order chi connectivity index (χ0) is 23.6. The van der Waals surface area contributed by atoms with Crippen molar-refractivity contribution in [1.82, 2.24) is 0 Å². The molecule has 0 amide bonds. The van der Waals surface area contributed by atoms with Crippen LogP contribution in [-0.2, 0) is 9.98 Å². The van der Waals surface area contributed by atoms with E-state index in [1.54, 1.807) is 18.2 Å². The summed E-state index contributed by atoms with van der Waals surface area (Å²) >= 11 is 0. The lowest BCUT2D eigenvalue weighted by Crippen LogP contribution is -2.11. The molecule has 0 N–H and O–H groups in total. The third-order valence-electron chi connectivity index (χ3n) is 5.51. The maximum atomic E-state index is 14.1. The molecule has 4 aromatic rings. The molecule has 0 fully saturated rings. The van der Waals surface area contributed by atoms with Gasteiger partial charge in [0.2, 0.25) is 0 Å². The summed E-state index contributed by atoms with van der Waals surface area (Å²) in [5.41, 5.74) is 2.85. The topological polar surface area (TPSA) is 44.8 Å². The van der Waals surface area contributed by atoms with Crippen molar-refractivity contribution >= 4 is 18.6 Å². The molecule has 1 atom stereocenters. The number of hydrogen-bond donors (Lipinski definition) is 0. The number of benzene rings is 4. The second kappa shape index (κ2) is 8.96. The minimum Gasteiger partial charge on any atom is -0.386 e. The molecule has 33 heavy (non-hydrogen) atoms. The van der Waals surface area contributed by atoms with E-state index in [0.29, 0.717) is 17.2 Å². The Hall–Kier alpha value is -3.23. The van der Waals surface area contributed by atoms with Gasteiger partial charge < -0.3 is 13.6 Å². The van der Waals surface area contributed by atoms with Crippen LogP contribution in [-0.4, -0.2) is 0 Å². The zero-order valence-corrected chi connectivity index (χ0v) is 20.6. The van der Waals surface area contributed by atoms with Crippen LogP contribution >= 0.6 is 7.82 Å². The molecule has 0 saturated heterocycles. The van der Waals surface area contributed by atoms with Gasteiger partial charge in [0.25, 0.3) is 0 Å². The van der Waals surface area contributed by atoms with Crippen LogP contribution in [0.5, 0.6) is 17.2 Å². The summed E-state index contributed by atoms with van der Waals surface area (Å²) in [5, 5.41) is 1.81. The fourth-order valence-electron chi connectivity index (χ4n) is 3.65. The largest absolute Gasteiger partial charge is 0.647 e. The predicted octanol–water partition coefficient (Wildman–Crippen LogP) is 8.40. The van der Waals surface area contributed by atoms with Crippen LogP contribution < -0.4 is 13.6 Å². The lowest BCUT2D eigenvalue weighted by atomic mass is 9.87. The smallest absolute Gasteiger partial charge is 0.386 e. The SMILES string of the molecule is Cc1cccc(C)c1OP(=O)(Oc1ccc(C(C)(C)C)cc1)Oc1cccc2ccccc12. The fourth-order valence-corrected chi connectivity index (χ4v) is 5.05. The first-order valence-electron chi connectivity index (χ1n) is 11.0. The summed E-state index contributed by atoms with van der Waals surface area (Å²) < 4.78 is 32.1. The first kappa shape index (κ1) is 22.9. The first-order chi connectivity index (χ1) is 15.6. The molecule has 4 nitrogen and oxygen atoms in total. The highest BCUT2D eigenvalue weighted by atomic mass is 31.2. The monoisotopic (exact) mass is 460 g/mol. The second-order valence-electron chi connectivity index (χ2n) is 9.19. The summed E-state index contributed by atoms with van der Waals surface area (Å²) in [4.78, 5) is 0. The van der Waals surface area contributed by atoms with Crippen molar-refractivity contribution in [1.29, 1.82) is 0 Å². The van der Waals surface area contributed by atoms with E-state index in [4.69, 9.17) is 13.6 Å². The third-order valence-corrected chi connectivity index (χ3v) is 6.77. The van der Waals surface area contributed by atoms with Gasteiger partial charge in [-0.1, -0.05) is 87.5 Å². The highest BCUT2D eigenvalue weighted by Gasteiger charge is 2.35. The molecule has 5 heteroatoms. The molecule has 0 aliphatic carbocycles. The number of para-hydroxylation sites is 1. The average Bonchev–Trinajstić information content (AvgIpc) is 2.76. The highest BCUT2D eigenvalue weighted by Crippen LogP contribution is 2.52. The van der Waals surface area contributed by atoms with Crippen LogP contribution in [0.4, 0.5) is 0 Å². The van der Waals surface area contributed by atoms with Gasteiger partial charge in [0.15, 0.2) is 0 Å². The maximum Gasteiger partial charge on any atom is 0.647 e. The van der Waals surface area contributed by atoms with Gasteiger partial charge in [-0.2, -0.15) is 4.57 Å². The highest BCUT2D eigenvalue weighted by molar-refractivity contribution is 7.49. The molecule has 0 spiro atoms. The first-order valence-corrected chi connectivity index (χ1v) is 12.4. The van der Waals surface area contributed by atoms with Crippen molar-refractivity contribution in [3.63, 3.8) is 0 Å². The average molecular weight is 461 g/mol. The molecule has 1 unspecified atom stereocenters. The van der Waals surface area contributed by atoms with E-state index in [9.17, 15) is 4.57 Å². The lowest BCUT2D eigenvalue weighted by Gasteiger charge is -2.23. The summed E-state index contributed by atoms with van der Waals surface area (Å²) in [5.74, 6) is 1.35. The van der Waals surface area contributed by atoms with Gasteiger partial charge in [-0.3, -0.25) is 0 Å². The van der Waals surface area contributed by atoms with Crippen molar-refractivity contribution in [2.45, 2.75) is 40.0 Å². The Kier molecular flexibility index (Phi) is 6.23. The molecule has 0 radical (unpaired) electrons. The van der Waals surface area contributed by atoms with E-state index in [-0.39, 0.29) is 5.41 Å². The van der Waals surface area contributed by atoms with Gasteiger partial charge >= 0.3 is 7.82 Å². The Balaban J connectivity index is 1.74. The lowest BCUT2D eigenvalue weighted by molar-refractivity contribution is 0.298. The van der Waals surface area contributed by atoms with E-state index in [0.717, 1.165) is 27.5 Å². The molecule has 4 rings (SSSR count). The minimum absolute atomic E-state index is 0.00353. The molecule has 4 aromatic carbocycles. The fraction of sp³-hybridized carbons (Fsp3) is 0.214. The summed E-state index contributed by atoms with van der Waals surface area (Å²) in [6.45, 7) is 10.2. The molecule has 0 aromatic heterocycles. The summed E-state index contributed by atoms with van der Waals surface area (Å²) in [6.07, 6.45) is 0. The van der Waals surface area contributed by atoms with Crippen LogP contribution in [0.1, 0.15) is 37.5 Å². The minimum atomic E-state index is -4.10. The van der Waals surface area contributed by atoms with Crippen LogP contribution in [0.25, 0.3) is 10.8 Å². The van der Waals surface area contributed by atoms with E-state index in [1.165, 1.54) is 0 Å². The molecular weight excluding hydrogens is 431 g/mol. The molecule has 0 bridgehead atoms. The van der Waals surface area contributed by atoms with Crippen molar-refractivity contribution in [3.8, 4) is 17.2 Å². The number of phosphoric ester groups is 1. The molecule has 0 aliphatic rings. The van der Waals surface area contributed by atoms with E-state index in [1.807, 2.05) is 80.6 Å². The van der Waals surface area contributed by atoms with E-state index >= 15 is 0 Å². The number of rotatable bonds is 6. The van der Waals surface area contributed by atoms with Crippen LogP contribution in [0.3, 0.4) is 0 Å².